The second-order valence-corrected chi connectivity index (χ2v) is 8.16. The number of piperidine rings is 1. The molecule has 1 aliphatic heterocycles. The molecule has 6 heteroatoms. The van der Waals surface area contributed by atoms with Crippen LogP contribution in [-0.4, -0.2) is 57.8 Å². The molecule has 0 spiro atoms. The number of likely N-dealkylation sites (tertiary alicyclic amines) is 1. The first-order chi connectivity index (χ1) is 12.7. The Morgan fingerprint density at radius 2 is 2.12 bits per heavy atom. The molecule has 5 nitrogen and oxygen atoms in total. The maximum Gasteiger partial charge on any atom is 0.191 e. The molecule has 0 amide bonds. The Morgan fingerprint density at radius 3 is 2.77 bits per heavy atom. The van der Waals surface area contributed by atoms with Crippen LogP contribution in [0.5, 0.6) is 0 Å². The molecular weight excluding hydrogens is 344 g/mol. The summed E-state index contributed by atoms with van der Waals surface area (Å²) in [4.78, 5) is 8.47. The van der Waals surface area contributed by atoms with E-state index in [1.54, 1.807) is 7.11 Å². The lowest BCUT2D eigenvalue weighted by atomic mass is 9.97. The van der Waals surface area contributed by atoms with Crippen LogP contribution in [0.4, 0.5) is 0 Å². The number of guanidine groups is 1. The third-order valence-corrected chi connectivity index (χ3v) is 6.11. The van der Waals surface area contributed by atoms with E-state index in [9.17, 15) is 0 Å². The lowest BCUT2D eigenvalue weighted by Crippen LogP contribution is -2.45. The molecule has 1 fully saturated rings. The summed E-state index contributed by atoms with van der Waals surface area (Å²) >= 11 is 1.86. The highest BCUT2D eigenvalue weighted by atomic mass is 32.1. The Bertz CT molecular complexity index is 498. The van der Waals surface area contributed by atoms with E-state index in [4.69, 9.17) is 4.74 Å². The molecule has 148 valence electrons. The first kappa shape index (κ1) is 21.2. The van der Waals surface area contributed by atoms with Gasteiger partial charge in [-0.3, -0.25) is 9.89 Å². The van der Waals surface area contributed by atoms with Gasteiger partial charge in [0, 0.05) is 38.7 Å². The van der Waals surface area contributed by atoms with Crippen LogP contribution in [0.2, 0.25) is 0 Å². The standard InChI is InChI=1S/C20H36N4OS/c1-17-9-12-24(13-10-17)18(19-8-7-15-26-19)16-23-20(21-2)22-11-5-4-6-14-25-3/h7-8,15,17-18H,4-6,9-14,16H2,1-3H3,(H2,21,22,23). The molecule has 1 aromatic heterocycles. The van der Waals surface area contributed by atoms with Crippen molar-refractivity contribution in [2.24, 2.45) is 10.9 Å². The van der Waals surface area contributed by atoms with Gasteiger partial charge in [0.15, 0.2) is 5.96 Å². The molecule has 0 bridgehead atoms. The third-order valence-electron chi connectivity index (χ3n) is 5.13. The summed E-state index contributed by atoms with van der Waals surface area (Å²) in [5.74, 6) is 1.76. The number of rotatable bonds is 10. The maximum absolute atomic E-state index is 5.10. The van der Waals surface area contributed by atoms with Crippen LogP contribution in [0.3, 0.4) is 0 Å². The number of aliphatic imine (C=N–C) groups is 1. The fourth-order valence-corrected chi connectivity index (χ4v) is 4.26. The van der Waals surface area contributed by atoms with E-state index in [-0.39, 0.29) is 0 Å². The first-order valence-corrected chi connectivity index (χ1v) is 10.8. The van der Waals surface area contributed by atoms with Gasteiger partial charge < -0.3 is 15.4 Å². The zero-order valence-corrected chi connectivity index (χ0v) is 17.5. The van der Waals surface area contributed by atoms with Gasteiger partial charge in [0.05, 0.1) is 6.04 Å². The van der Waals surface area contributed by atoms with E-state index >= 15 is 0 Å². The summed E-state index contributed by atoms with van der Waals surface area (Å²) in [5.41, 5.74) is 0. The van der Waals surface area contributed by atoms with Crippen molar-refractivity contribution in [1.29, 1.82) is 0 Å². The van der Waals surface area contributed by atoms with E-state index in [2.05, 4.69) is 45.0 Å². The molecular formula is C20H36N4OS. The number of nitrogens with zero attached hydrogens (tertiary/aromatic N) is 2. The van der Waals surface area contributed by atoms with Crippen molar-refractivity contribution in [2.75, 3.05) is 46.9 Å². The molecule has 2 heterocycles. The lowest BCUT2D eigenvalue weighted by Gasteiger charge is -2.36. The minimum atomic E-state index is 0.433. The SMILES string of the molecule is CN=C(NCCCCCOC)NCC(c1cccs1)N1CCC(C)CC1. The molecule has 1 saturated heterocycles. The quantitative estimate of drug-likeness (QED) is 0.370. The van der Waals surface area contributed by atoms with E-state index in [0.717, 1.165) is 44.4 Å². The van der Waals surface area contributed by atoms with E-state index in [0.29, 0.717) is 6.04 Å². The highest BCUT2D eigenvalue weighted by Crippen LogP contribution is 2.28. The van der Waals surface area contributed by atoms with Gasteiger partial charge in [0.1, 0.15) is 0 Å². The van der Waals surface area contributed by atoms with Crippen LogP contribution in [0.25, 0.3) is 0 Å². The van der Waals surface area contributed by atoms with E-state index < -0.39 is 0 Å². The van der Waals surface area contributed by atoms with Crippen molar-refractivity contribution in [3.8, 4) is 0 Å². The predicted octanol–water partition coefficient (Wildman–Crippen LogP) is 3.50. The lowest BCUT2D eigenvalue weighted by molar-refractivity contribution is 0.140. The number of ether oxygens (including phenoxy) is 1. The maximum atomic E-state index is 5.10. The molecule has 1 aromatic rings. The van der Waals surface area contributed by atoms with Crippen LogP contribution < -0.4 is 10.6 Å². The number of hydrogen-bond donors (Lipinski definition) is 2. The number of thiophene rings is 1. The number of methoxy groups -OCH3 is 1. The Morgan fingerprint density at radius 1 is 1.31 bits per heavy atom. The van der Waals surface area contributed by atoms with Crippen molar-refractivity contribution in [3.63, 3.8) is 0 Å². The molecule has 0 aromatic carbocycles. The Balaban J connectivity index is 1.79. The highest BCUT2D eigenvalue weighted by Gasteiger charge is 2.25. The Kier molecular flexibility index (Phi) is 10.0. The van der Waals surface area contributed by atoms with Crippen LogP contribution in [0, 0.1) is 5.92 Å². The Labute approximate surface area is 163 Å². The average Bonchev–Trinajstić information content (AvgIpc) is 3.18. The molecule has 1 aliphatic rings. The van der Waals surface area contributed by atoms with Crippen molar-refractivity contribution in [1.82, 2.24) is 15.5 Å². The van der Waals surface area contributed by atoms with Gasteiger partial charge in [-0.1, -0.05) is 13.0 Å². The molecule has 0 aliphatic carbocycles. The summed E-state index contributed by atoms with van der Waals surface area (Å²) in [6.45, 7) is 7.46. The zero-order valence-electron chi connectivity index (χ0n) is 16.7. The van der Waals surface area contributed by atoms with E-state index in [1.807, 2.05) is 18.4 Å². The van der Waals surface area contributed by atoms with Gasteiger partial charge in [0.25, 0.3) is 0 Å². The van der Waals surface area contributed by atoms with Crippen LogP contribution in [-0.2, 0) is 4.74 Å². The fraction of sp³-hybridized carbons (Fsp3) is 0.750. The largest absolute Gasteiger partial charge is 0.385 e. The van der Waals surface area contributed by atoms with Gasteiger partial charge in [-0.05, 0) is 62.6 Å². The van der Waals surface area contributed by atoms with Gasteiger partial charge in [-0.25, -0.2) is 0 Å². The molecule has 0 radical (unpaired) electrons. The monoisotopic (exact) mass is 380 g/mol. The normalized spacial score (nSPS) is 18.0. The summed E-state index contributed by atoms with van der Waals surface area (Å²) < 4.78 is 5.10. The summed E-state index contributed by atoms with van der Waals surface area (Å²) in [6, 6.07) is 4.86. The smallest absolute Gasteiger partial charge is 0.191 e. The topological polar surface area (TPSA) is 48.9 Å². The fourth-order valence-electron chi connectivity index (χ4n) is 3.40. The number of unbranched alkanes of at least 4 members (excludes halogenated alkanes) is 2. The number of nitrogens with one attached hydrogen (secondary N) is 2. The summed E-state index contributed by atoms with van der Waals surface area (Å²) in [5, 5.41) is 9.17. The van der Waals surface area contributed by atoms with Crippen molar-refractivity contribution >= 4 is 17.3 Å². The second kappa shape index (κ2) is 12.3. The van der Waals surface area contributed by atoms with Crippen molar-refractivity contribution in [3.05, 3.63) is 22.4 Å². The minimum absolute atomic E-state index is 0.433. The van der Waals surface area contributed by atoms with Gasteiger partial charge in [-0.2, -0.15) is 0 Å². The van der Waals surface area contributed by atoms with Crippen LogP contribution in [0.15, 0.2) is 22.5 Å². The zero-order chi connectivity index (χ0) is 18.6. The molecule has 2 N–H and O–H groups in total. The minimum Gasteiger partial charge on any atom is -0.385 e. The predicted molar refractivity (Wildman–Crippen MR) is 112 cm³/mol. The van der Waals surface area contributed by atoms with E-state index in [1.165, 1.54) is 37.2 Å². The van der Waals surface area contributed by atoms with Gasteiger partial charge in [0.2, 0.25) is 0 Å². The summed E-state index contributed by atoms with van der Waals surface area (Å²) in [7, 11) is 3.61. The molecule has 1 unspecified atom stereocenters. The molecule has 2 rings (SSSR count). The van der Waals surface area contributed by atoms with Crippen LogP contribution in [0.1, 0.15) is 49.9 Å². The van der Waals surface area contributed by atoms with Gasteiger partial charge in [-0.15, -0.1) is 11.3 Å². The van der Waals surface area contributed by atoms with Crippen molar-refractivity contribution in [2.45, 2.75) is 45.1 Å². The average molecular weight is 381 g/mol. The second-order valence-electron chi connectivity index (χ2n) is 7.18. The Hall–Kier alpha value is -1.11. The molecule has 0 saturated carbocycles. The van der Waals surface area contributed by atoms with Crippen molar-refractivity contribution < 1.29 is 4.74 Å². The molecule has 1 atom stereocenters. The highest BCUT2D eigenvalue weighted by molar-refractivity contribution is 7.10. The van der Waals surface area contributed by atoms with Gasteiger partial charge >= 0.3 is 0 Å². The van der Waals surface area contributed by atoms with Crippen LogP contribution >= 0.6 is 11.3 Å². The summed E-state index contributed by atoms with van der Waals surface area (Å²) in [6.07, 6.45) is 6.05. The first-order valence-electron chi connectivity index (χ1n) is 9.95. The molecule has 26 heavy (non-hydrogen) atoms. The third kappa shape index (κ3) is 7.25. The number of hydrogen-bond acceptors (Lipinski definition) is 4.